The zero-order valence-corrected chi connectivity index (χ0v) is 15.1. The fraction of sp³-hybridized carbons (Fsp3) is 0.500. The first-order chi connectivity index (χ1) is 11.5. The second-order valence-corrected chi connectivity index (χ2v) is 9.27. The normalized spacial score (nSPS) is 34.3. The van der Waals surface area contributed by atoms with Crippen LogP contribution >= 0.6 is 22.7 Å². The first-order valence-electron chi connectivity index (χ1n) is 8.30. The minimum Gasteiger partial charge on any atom is -0.373 e. The molecule has 3 fully saturated rings. The first-order valence-corrected chi connectivity index (χ1v) is 10.00. The maximum Gasteiger partial charge on any atom is 0.154 e. The van der Waals surface area contributed by atoms with Gasteiger partial charge >= 0.3 is 0 Å². The highest BCUT2D eigenvalue weighted by molar-refractivity contribution is 7.16. The van der Waals surface area contributed by atoms with Gasteiger partial charge in [-0.15, -0.1) is 22.7 Å². The number of nitrogens with zero attached hydrogens (tertiary/aromatic N) is 1. The van der Waals surface area contributed by atoms with Gasteiger partial charge in [0.05, 0.1) is 39.6 Å². The lowest BCUT2D eigenvalue weighted by molar-refractivity contribution is -0.127. The molecule has 4 nitrogen and oxygen atoms in total. The molecule has 2 aliphatic heterocycles. The molecular weight excluding hydrogens is 342 g/mol. The number of aromatic nitrogens is 1. The Balaban J connectivity index is 1.54. The van der Waals surface area contributed by atoms with E-state index >= 15 is 0 Å². The van der Waals surface area contributed by atoms with Gasteiger partial charge in [0.15, 0.2) is 11.6 Å². The van der Waals surface area contributed by atoms with Crippen LogP contribution in [0, 0.1) is 25.7 Å². The Hall–Kier alpha value is -1.37. The van der Waals surface area contributed by atoms with Crippen LogP contribution in [0.25, 0.3) is 10.6 Å². The van der Waals surface area contributed by atoms with Gasteiger partial charge in [-0.3, -0.25) is 9.59 Å². The Kier molecular flexibility index (Phi) is 3.15. The Morgan fingerprint density at radius 3 is 2.38 bits per heavy atom. The van der Waals surface area contributed by atoms with Crippen LogP contribution < -0.4 is 0 Å². The van der Waals surface area contributed by atoms with Crippen LogP contribution in [0.15, 0.2) is 11.4 Å². The molecule has 24 heavy (non-hydrogen) atoms. The van der Waals surface area contributed by atoms with Crippen molar-refractivity contribution in [2.45, 2.75) is 44.8 Å². The molecule has 2 aromatic heterocycles. The number of carbonyl (C=O) groups excluding carboxylic acids is 2. The zero-order chi connectivity index (χ0) is 16.6. The number of hydrogen-bond acceptors (Lipinski definition) is 6. The van der Waals surface area contributed by atoms with Crippen molar-refractivity contribution in [1.82, 2.24) is 4.98 Å². The smallest absolute Gasteiger partial charge is 0.154 e. The summed E-state index contributed by atoms with van der Waals surface area (Å²) in [5.41, 5.74) is 1.84. The lowest BCUT2D eigenvalue weighted by atomic mass is 9.81. The summed E-state index contributed by atoms with van der Waals surface area (Å²) in [4.78, 5) is 32.6. The number of carbonyl (C=O) groups is 2. The summed E-state index contributed by atoms with van der Waals surface area (Å²) in [7, 11) is 0. The number of thiophene rings is 1. The van der Waals surface area contributed by atoms with Crippen molar-refractivity contribution in [1.29, 1.82) is 0 Å². The van der Waals surface area contributed by atoms with Crippen LogP contribution in [0.4, 0.5) is 0 Å². The summed E-state index contributed by atoms with van der Waals surface area (Å²) in [6.07, 6.45) is 1.79. The molecule has 5 rings (SSSR count). The summed E-state index contributed by atoms with van der Waals surface area (Å²) in [6, 6.07) is 2.01. The van der Waals surface area contributed by atoms with Crippen molar-refractivity contribution < 1.29 is 14.3 Å². The van der Waals surface area contributed by atoms with Crippen LogP contribution in [-0.2, 0) is 14.3 Å². The largest absolute Gasteiger partial charge is 0.373 e. The SMILES string of the molecule is Cc1nc(-c2cc(C3C(=O)[C@@H]4[C@H](C3=O)[C@H]3CC[C@@H]4O3)c(C)s2)cs1. The van der Waals surface area contributed by atoms with Crippen LogP contribution in [0.3, 0.4) is 0 Å². The number of ketones is 2. The van der Waals surface area contributed by atoms with Crippen molar-refractivity contribution in [3.05, 3.63) is 26.9 Å². The lowest BCUT2D eigenvalue weighted by Gasteiger charge is -2.16. The molecule has 2 saturated heterocycles. The van der Waals surface area contributed by atoms with E-state index in [9.17, 15) is 9.59 Å². The number of fused-ring (bicyclic) bond motifs is 5. The molecule has 5 atom stereocenters. The molecule has 0 radical (unpaired) electrons. The Bertz CT molecular complexity index is 839. The molecule has 0 spiro atoms. The fourth-order valence-corrected chi connectivity index (χ4v) is 6.32. The first kappa shape index (κ1) is 14.9. The van der Waals surface area contributed by atoms with Gasteiger partial charge in [-0.2, -0.15) is 0 Å². The van der Waals surface area contributed by atoms with Gasteiger partial charge in [0.2, 0.25) is 0 Å². The number of thiazole rings is 1. The van der Waals surface area contributed by atoms with Crippen LogP contribution in [0.2, 0.25) is 0 Å². The standard InChI is InChI=1S/C18H17NO3S2/c1-7-9(5-13(24-7)10-6-23-8(2)19-10)14-17(20)15-11-3-4-12(22-11)16(15)18(14)21/h5-6,11-12,14-16H,3-4H2,1-2H3/t11-,12+,14?,15-,16+. The van der Waals surface area contributed by atoms with E-state index in [4.69, 9.17) is 4.74 Å². The van der Waals surface area contributed by atoms with E-state index < -0.39 is 5.92 Å². The molecule has 4 heterocycles. The third kappa shape index (κ3) is 1.90. The van der Waals surface area contributed by atoms with Gasteiger partial charge in [-0.25, -0.2) is 4.98 Å². The van der Waals surface area contributed by atoms with Gasteiger partial charge in [0.25, 0.3) is 0 Å². The molecule has 6 heteroatoms. The summed E-state index contributed by atoms with van der Waals surface area (Å²) >= 11 is 3.24. The maximum absolute atomic E-state index is 13.0. The number of Topliss-reactive ketones (excluding diaryl/α,β-unsaturated/α-hetero) is 2. The fourth-order valence-electron chi connectivity index (χ4n) is 4.62. The van der Waals surface area contributed by atoms with E-state index in [0.29, 0.717) is 0 Å². The molecule has 0 amide bonds. The van der Waals surface area contributed by atoms with E-state index in [1.54, 1.807) is 22.7 Å². The third-order valence-electron chi connectivity index (χ3n) is 5.64. The number of rotatable bonds is 2. The lowest BCUT2D eigenvalue weighted by Crippen LogP contribution is -2.29. The summed E-state index contributed by atoms with van der Waals surface area (Å²) in [5.74, 6) is -0.828. The van der Waals surface area contributed by atoms with Gasteiger partial charge in [0.1, 0.15) is 5.92 Å². The van der Waals surface area contributed by atoms with E-state index in [1.807, 2.05) is 25.3 Å². The third-order valence-corrected chi connectivity index (χ3v) is 7.50. The highest BCUT2D eigenvalue weighted by Crippen LogP contribution is 2.53. The van der Waals surface area contributed by atoms with Gasteiger partial charge in [-0.1, -0.05) is 0 Å². The molecule has 1 aliphatic carbocycles. The van der Waals surface area contributed by atoms with Crippen molar-refractivity contribution in [2.24, 2.45) is 11.8 Å². The van der Waals surface area contributed by atoms with Crippen LogP contribution in [-0.4, -0.2) is 28.8 Å². The molecule has 1 unspecified atom stereocenters. The highest BCUT2D eigenvalue weighted by atomic mass is 32.1. The van der Waals surface area contributed by atoms with Crippen LogP contribution in [0.5, 0.6) is 0 Å². The summed E-state index contributed by atoms with van der Waals surface area (Å²) < 4.78 is 5.82. The molecule has 0 aromatic carbocycles. The molecule has 0 N–H and O–H groups in total. The van der Waals surface area contributed by atoms with Gasteiger partial charge in [-0.05, 0) is 38.3 Å². The van der Waals surface area contributed by atoms with Crippen molar-refractivity contribution >= 4 is 34.2 Å². The molecule has 1 saturated carbocycles. The molecule has 3 aliphatic rings. The Labute approximate surface area is 147 Å². The van der Waals surface area contributed by atoms with E-state index in [-0.39, 0.29) is 35.6 Å². The topological polar surface area (TPSA) is 56.3 Å². The number of hydrogen-bond donors (Lipinski definition) is 0. The van der Waals surface area contributed by atoms with Gasteiger partial charge < -0.3 is 4.74 Å². The monoisotopic (exact) mass is 359 g/mol. The Morgan fingerprint density at radius 1 is 1.12 bits per heavy atom. The maximum atomic E-state index is 13.0. The zero-order valence-electron chi connectivity index (χ0n) is 13.4. The predicted octanol–water partition coefficient (Wildman–Crippen LogP) is 3.52. The number of aryl methyl sites for hydroxylation is 2. The predicted molar refractivity (Wildman–Crippen MR) is 92.5 cm³/mol. The molecule has 124 valence electrons. The van der Waals surface area contributed by atoms with E-state index in [2.05, 4.69) is 4.98 Å². The van der Waals surface area contributed by atoms with E-state index in [1.165, 1.54) is 0 Å². The molecule has 2 bridgehead atoms. The van der Waals surface area contributed by atoms with Crippen LogP contribution in [0.1, 0.15) is 34.2 Å². The van der Waals surface area contributed by atoms with Crippen molar-refractivity contribution in [2.75, 3.05) is 0 Å². The molecule has 2 aromatic rings. The average Bonchev–Trinajstić information content (AvgIpc) is 3.31. The molecular formula is C18H17NO3S2. The van der Waals surface area contributed by atoms with Crippen molar-refractivity contribution in [3.8, 4) is 10.6 Å². The average molecular weight is 359 g/mol. The second kappa shape index (κ2) is 5.07. The quantitative estimate of drug-likeness (QED) is 0.770. The summed E-state index contributed by atoms with van der Waals surface area (Å²) in [5, 5.41) is 3.06. The highest BCUT2D eigenvalue weighted by Gasteiger charge is 2.63. The second-order valence-electron chi connectivity index (χ2n) is 6.95. The summed E-state index contributed by atoms with van der Waals surface area (Å²) in [6.45, 7) is 3.99. The van der Waals surface area contributed by atoms with Gasteiger partial charge in [0, 0.05) is 10.3 Å². The minimum absolute atomic E-state index is 0.0268. The Morgan fingerprint density at radius 2 is 1.79 bits per heavy atom. The van der Waals surface area contributed by atoms with Crippen molar-refractivity contribution in [3.63, 3.8) is 0 Å². The number of ether oxygens (including phenoxy) is 1. The minimum atomic E-state index is -0.586. The van der Waals surface area contributed by atoms with E-state index in [0.717, 1.165) is 38.9 Å².